The van der Waals surface area contributed by atoms with Gasteiger partial charge in [0.15, 0.2) is 11.6 Å². The fourth-order valence-electron chi connectivity index (χ4n) is 3.31. The summed E-state index contributed by atoms with van der Waals surface area (Å²) in [6.07, 6.45) is 3.53. The first-order chi connectivity index (χ1) is 11.4. The second kappa shape index (κ2) is 6.67. The van der Waals surface area contributed by atoms with Crippen LogP contribution in [0.1, 0.15) is 48.3 Å². The van der Waals surface area contributed by atoms with Crippen LogP contribution in [0.5, 0.6) is 0 Å². The average Bonchev–Trinajstić information content (AvgIpc) is 3.28. The van der Waals surface area contributed by atoms with Gasteiger partial charge < -0.3 is 4.90 Å². The molecule has 2 aromatic rings. The van der Waals surface area contributed by atoms with Gasteiger partial charge in [0.2, 0.25) is 0 Å². The van der Waals surface area contributed by atoms with Crippen molar-refractivity contribution in [1.29, 1.82) is 0 Å². The summed E-state index contributed by atoms with van der Waals surface area (Å²) < 4.78 is 2.20. The Morgan fingerprint density at radius 3 is 2.54 bits per heavy atom. The molecule has 24 heavy (non-hydrogen) atoms. The molecule has 1 atom stereocenters. The molecule has 1 aliphatic rings. The molecular formula is C20H30N4. The largest absolute Gasteiger partial charge is 0.309 e. The predicted molar refractivity (Wildman–Crippen MR) is 99.4 cm³/mol. The first-order valence-corrected chi connectivity index (χ1v) is 9.05. The Bertz CT molecular complexity index is 725. The molecule has 1 aromatic carbocycles. The van der Waals surface area contributed by atoms with E-state index in [1.54, 1.807) is 0 Å². The fourth-order valence-corrected chi connectivity index (χ4v) is 3.31. The number of hydrogen-bond donors (Lipinski definition) is 0. The zero-order valence-corrected chi connectivity index (χ0v) is 15.9. The summed E-state index contributed by atoms with van der Waals surface area (Å²) in [6, 6.07) is 4.94. The van der Waals surface area contributed by atoms with E-state index in [4.69, 9.17) is 10.1 Å². The molecule has 130 valence electrons. The van der Waals surface area contributed by atoms with Crippen LogP contribution in [0.25, 0.3) is 11.4 Å². The Labute approximate surface area is 145 Å². The molecule has 0 spiro atoms. The molecule has 0 aliphatic heterocycles. The highest BCUT2D eigenvalue weighted by Gasteiger charge is 2.32. The van der Waals surface area contributed by atoms with E-state index >= 15 is 0 Å². The fraction of sp³-hybridized carbons (Fsp3) is 0.600. The second-order valence-electron chi connectivity index (χ2n) is 7.68. The summed E-state index contributed by atoms with van der Waals surface area (Å²) >= 11 is 0. The van der Waals surface area contributed by atoms with Crippen molar-refractivity contribution in [3.8, 4) is 11.4 Å². The van der Waals surface area contributed by atoms with Gasteiger partial charge >= 0.3 is 0 Å². The Kier molecular flexibility index (Phi) is 4.77. The van der Waals surface area contributed by atoms with Crippen LogP contribution in [-0.4, -0.2) is 40.3 Å². The number of benzene rings is 1. The van der Waals surface area contributed by atoms with Crippen molar-refractivity contribution < 1.29 is 0 Å². The minimum atomic E-state index is 0.431. The predicted octanol–water partition coefficient (Wildman–Crippen LogP) is 3.95. The van der Waals surface area contributed by atoms with Crippen LogP contribution in [0.4, 0.5) is 0 Å². The van der Waals surface area contributed by atoms with E-state index in [0.717, 1.165) is 30.5 Å². The standard InChI is InChI=1S/C20H30N4/c1-13-11-14(2)15(3)18(12-13)20-21-19(9-10-23(5)6)22-24(20)16(4)17-7-8-17/h11-12,16-17H,7-10H2,1-6H3. The third kappa shape index (κ3) is 3.54. The smallest absolute Gasteiger partial charge is 0.158 e. The summed E-state index contributed by atoms with van der Waals surface area (Å²) in [5.74, 6) is 2.77. The third-order valence-corrected chi connectivity index (χ3v) is 5.20. The molecule has 0 amide bonds. The lowest BCUT2D eigenvalue weighted by Gasteiger charge is -2.16. The maximum absolute atomic E-state index is 4.95. The maximum Gasteiger partial charge on any atom is 0.158 e. The van der Waals surface area contributed by atoms with Gasteiger partial charge in [0.25, 0.3) is 0 Å². The SMILES string of the molecule is Cc1cc(C)c(C)c(-c2nc(CCN(C)C)nn2C(C)C2CC2)c1. The van der Waals surface area contributed by atoms with Gasteiger partial charge in [-0.05, 0) is 77.7 Å². The highest BCUT2D eigenvalue weighted by atomic mass is 15.4. The van der Waals surface area contributed by atoms with Crippen LogP contribution in [0.2, 0.25) is 0 Å². The highest BCUT2D eigenvalue weighted by molar-refractivity contribution is 5.63. The van der Waals surface area contributed by atoms with Gasteiger partial charge in [-0.1, -0.05) is 11.6 Å². The van der Waals surface area contributed by atoms with Crippen molar-refractivity contribution >= 4 is 0 Å². The van der Waals surface area contributed by atoms with Crippen molar-refractivity contribution in [2.24, 2.45) is 5.92 Å². The lowest BCUT2D eigenvalue weighted by molar-refractivity contribution is 0.404. The average molecular weight is 326 g/mol. The Morgan fingerprint density at radius 1 is 1.21 bits per heavy atom. The van der Waals surface area contributed by atoms with Gasteiger partial charge in [-0.25, -0.2) is 9.67 Å². The van der Waals surface area contributed by atoms with Crippen LogP contribution < -0.4 is 0 Å². The van der Waals surface area contributed by atoms with Crippen molar-refractivity contribution in [3.63, 3.8) is 0 Å². The molecule has 3 rings (SSSR count). The van der Waals surface area contributed by atoms with Gasteiger partial charge in [-0.3, -0.25) is 0 Å². The van der Waals surface area contributed by atoms with Crippen LogP contribution in [0, 0.1) is 26.7 Å². The molecule has 0 radical (unpaired) electrons. The lowest BCUT2D eigenvalue weighted by Crippen LogP contribution is -2.16. The van der Waals surface area contributed by atoms with Crippen LogP contribution in [0.15, 0.2) is 12.1 Å². The van der Waals surface area contributed by atoms with Crippen LogP contribution >= 0.6 is 0 Å². The molecule has 1 aromatic heterocycles. The van der Waals surface area contributed by atoms with Gasteiger partial charge in [0.1, 0.15) is 0 Å². The molecule has 0 bridgehead atoms. The van der Waals surface area contributed by atoms with E-state index in [-0.39, 0.29) is 0 Å². The van der Waals surface area contributed by atoms with E-state index in [0.29, 0.717) is 6.04 Å². The zero-order valence-electron chi connectivity index (χ0n) is 15.9. The first kappa shape index (κ1) is 17.2. The first-order valence-electron chi connectivity index (χ1n) is 9.05. The number of nitrogens with zero attached hydrogens (tertiary/aromatic N) is 4. The summed E-state index contributed by atoms with van der Waals surface area (Å²) in [7, 11) is 4.19. The van der Waals surface area contributed by atoms with Gasteiger partial charge in [0, 0.05) is 18.5 Å². The monoisotopic (exact) mass is 326 g/mol. The topological polar surface area (TPSA) is 34.0 Å². The molecular weight excluding hydrogens is 296 g/mol. The van der Waals surface area contributed by atoms with Gasteiger partial charge in [-0.15, -0.1) is 0 Å². The third-order valence-electron chi connectivity index (χ3n) is 5.20. The van der Waals surface area contributed by atoms with Crippen molar-refractivity contribution in [3.05, 3.63) is 34.6 Å². The van der Waals surface area contributed by atoms with E-state index in [1.807, 2.05) is 0 Å². The summed E-state index contributed by atoms with van der Waals surface area (Å²) in [5.41, 5.74) is 5.17. The van der Waals surface area contributed by atoms with Crippen molar-refractivity contribution in [2.45, 2.75) is 53.0 Å². The molecule has 1 saturated carbocycles. The minimum Gasteiger partial charge on any atom is -0.309 e. The van der Waals surface area contributed by atoms with Gasteiger partial charge in [0.05, 0.1) is 6.04 Å². The Morgan fingerprint density at radius 2 is 1.92 bits per heavy atom. The molecule has 1 fully saturated rings. The second-order valence-corrected chi connectivity index (χ2v) is 7.68. The van der Waals surface area contributed by atoms with E-state index in [2.05, 4.69) is 63.5 Å². The number of hydrogen-bond acceptors (Lipinski definition) is 3. The quantitative estimate of drug-likeness (QED) is 0.806. The van der Waals surface area contributed by atoms with E-state index < -0.39 is 0 Å². The Balaban J connectivity index is 2.04. The van der Waals surface area contributed by atoms with Crippen LogP contribution in [-0.2, 0) is 6.42 Å². The number of rotatable bonds is 6. The minimum absolute atomic E-state index is 0.431. The molecule has 0 N–H and O–H groups in total. The zero-order chi connectivity index (χ0) is 17.4. The van der Waals surface area contributed by atoms with Gasteiger partial charge in [-0.2, -0.15) is 5.10 Å². The molecule has 4 nitrogen and oxygen atoms in total. The molecule has 1 unspecified atom stereocenters. The summed E-state index contributed by atoms with van der Waals surface area (Å²) in [6.45, 7) is 9.82. The Hall–Kier alpha value is -1.68. The summed E-state index contributed by atoms with van der Waals surface area (Å²) in [5, 5.41) is 4.90. The highest BCUT2D eigenvalue weighted by Crippen LogP contribution is 2.41. The van der Waals surface area contributed by atoms with Crippen LogP contribution in [0.3, 0.4) is 0 Å². The van der Waals surface area contributed by atoms with E-state index in [9.17, 15) is 0 Å². The molecule has 1 aliphatic carbocycles. The maximum atomic E-state index is 4.95. The normalized spacial score (nSPS) is 16.0. The molecule has 0 saturated heterocycles. The number of likely N-dealkylation sites (N-methyl/N-ethyl adjacent to an activating group) is 1. The van der Waals surface area contributed by atoms with Crippen molar-refractivity contribution in [2.75, 3.05) is 20.6 Å². The molecule has 4 heteroatoms. The number of aryl methyl sites for hydroxylation is 2. The summed E-state index contributed by atoms with van der Waals surface area (Å²) in [4.78, 5) is 7.14. The molecule has 1 heterocycles. The number of aromatic nitrogens is 3. The lowest BCUT2D eigenvalue weighted by atomic mass is 9.99. The van der Waals surface area contributed by atoms with E-state index in [1.165, 1.54) is 35.1 Å². The van der Waals surface area contributed by atoms with Crippen molar-refractivity contribution in [1.82, 2.24) is 19.7 Å².